The fraction of sp³-hybridized carbons (Fsp3) is 0.462. The molecule has 0 aliphatic rings. The van der Waals surface area contributed by atoms with Crippen molar-refractivity contribution in [2.45, 2.75) is 32.3 Å². The number of carboxylic acids is 1. The second kappa shape index (κ2) is 6.78. The van der Waals surface area contributed by atoms with Crippen LogP contribution < -0.4 is 9.47 Å². The zero-order valence-corrected chi connectivity index (χ0v) is 10.2. The summed E-state index contributed by atoms with van der Waals surface area (Å²) in [6.45, 7) is 2.02. The number of unbranched alkanes of at least 4 members (excludes halogenated alkanes) is 1. The average Bonchev–Trinajstić information content (AvgIpc) is 2.34. The Bertz CT molecular complexity index is 362. The molecule has 0 aliphatic carbocycles. The Labute approximate surface area is 101 Å². The second-order valence-electron chi connectivity index (χ2n) is 3.77. The van der Waals surface area contributed by atoms with Gasteiger partial charge in [-0.2, -0.15) is 0 Å². The molecule has 1 aromatic rings. The van der Waals surface area contributed by atoms with Crippen molar-refractivity contribution in [1.29, 1.82) is 0 Å². The van der Waals surface area contributed by atoms with E-state index in [2.05, 4.69) is 0 Å². The zero-order chi connectivity index (χ0) is 12.7. The van der Waals surface area contributed by atoms with Gasteiger partial charge in [0.05, 0.1) is 7.11 Å². The summed E-state index contributed by atoms with van der Waals surface area (Å²) in [6, 6.07) is 6.97. The van der Waals surface area contributed by atoms with E-state index in [9.17, 15) is 4.79 Å². The lowest BCUT2D eigenvalue weighted by molar-refractivity contribution is -0.145. The number of hydrogen-bond donors (Lipinski definition) is 1. The van der Waals surface area contributed by atoms with Crippen LogP contribution in [-0.4, -0.2) is 24.3 Å². The van der Waals surface area contributed by atoms with Gasteiger partial charge < -0.3 is 14.6 Å². The molecule has 0 unspecified atom stereocenters. The zero-order valence-electron chi connectivity index (χ0n) is 10.2. The Morgan fingerprint density at radius 3 is 2.71 bits per heavy atom. The summed E-state index contributed by atoms with van der Waals surface area (Å²) in [4.78, 5) is 11.0. The first kappa shape index (κ1) is 13.4. The topological polar surface area (TPSA) is 55.8 Å². The van der Waals surface area contributed by atoms with Crippen LogP contribution in [0.3, 0.4) is 0 Å². The first-order valence-electron chi connectivity index (χ1n) is 5.71. The van der Waals surface area contributed by atoms with E-state index in [4.69, 9.17) is 14.6 Å². The molecule has 0 amide bonds. The van der Waals surface area contributed by atoms with Gasteiger partial charge in [-0.15, -0.1) is 0 Å². The Morgan fingerprint density at radius 2 is 2.12 bits per heavy atom. The summed E-state index contributed by atoms with van der Waals surface area (Å²) in [5.74, 6) is 0.247. The van der Waals surface area contributed by atoms with Gasteiger partial charge in [-0.3, -0.25) is 0 Å². The minimum absolute atomic E-state index is 0.517. The lowest BCUT2D eigenvalue weighted by Crippen LogP contribution is -2.26. The van der Waals surface area contributed by atoms with E-state index in [0.29, 0.717) is 17.9 Å². The Balaban J connectivity index is 2.67. The Hall–Kier alpha value is -1.71. The molecule has 4 heteroatoms. The highest BCUT2D eigenvalue weighted by atomic mass is 16.5. The van der Waals surface area contributed by atoms with Gasteiger partial charge in [0.1, 0.15) is 11.5 Å². The molecule has 0 saturated carbocycles. The molecule has 1 atom stereocenters. The van der Waals surface area contributed by atoms with Crippen molar-refractivity contribution < 1.29 is 19.4 Å². The standard InChI is InChI=1S/C13H18O4/c1-3-4-8-12(13(14)15)17-11-7-5-6-10(9-11)16-2/h5-7,9,12H,3-4,8H2,1-2H3,(H,14,15)/t12-/m0/s1. The summed E-state index contributed by atoms with van der Waals surface area (Å²) in [5, 5.41) is 9.03. The molecule has 0 saturated heterocycles. The number of aliphatic carboxylic acids is 1. The van der Waals surface area contributed by atoms with E-state index in [1.807, 2.05) is 6.92 Å². The molecule has 94 valence electrons. The van der Waals surface area contributed by atoms with Gasteiger partial charge in [0.15, 0.2) is 6.10 Å². The predicted molar refractivity (Wildman–Crippen MR) is 64.6 cm³/mol. The highest BCUT2D eigenvalue weighted by Gasteiger charge is 2.18. The van der Waals surface area contributed by atoms with Crippen LogP contribution in [0.2, 0.25) is 0 Å². The van der Waals surface area contributed by atoms with Crippen molar-refractivity contribution in [3.05, 3.63) is 24.3 Å². The number of carboxylic acid groups (broad SMARTS) is 1. The van der Waals surface area contributed by atoms with E-state index in [0.717, 1.165) is 12.8 Å². The van der Waals surface area contributed by atoms with Gasteiger partial charge >= 0.3 is 5.97 Å². The van der Waals surface area contributed by atoms with E-state index in [-0.39, 0.29) is 0 Å². The molecule has 17 heavy (non-hydrogen) atoms. The van der Waals surface area contributed by atoms with Gasteiger partial charge in [-0.1, -0.05) is 19.4 Å². The fourth-order valence-corrected chi connectivity index (χ4v) is 1.46. The van der Waals surface area contributed by atoms with E-state index in [1.54, 1.807) is 31.4 Å². The van der Waals surface area contributed by atoms with Gasteiger partial charge in [0.2, 0.25) is 0 Å². The van der Waals surface area contributed by atoms with E-state index >= 15 is 0 Å². The number of benzene rings is 1. The maximum Gasteiger partial charge on any atom is 0.344 e. The summed E-state index contributed by atoms with van der Waals surface area (Å²) < 4.78 is 10.5. The molecule has 1 rings (SSSR count). The highest BCUT2D eigenvalue weighted by Crippen LogP contribution is 2.21. The van der Waals surface area contributed by atoms with Crippen LogP contribution >= 0.6 is 0 Å². The maximum atomic E-state index is 11.0. The van der Waals surface area contributed by atoms with Crippen molar-refractivity contribution in [3.8, 4) is 11.5 Å². The smallest absolute Gasteiger partial charge is 0.344 e. The molecule has 0 bridgehead atoms. The summed E-state index contributed by atoms with van der Waals surface area (Å²) in [5.41, 5.74) is 0. The second-order valence-corrected chi connectivity index (χ2v) is 3.77. The third-order valence-corrected chi connectivity index (χ3v) is 2.41. The molecule has 0 aromatic heterocycles. The number of rotatable bonds is 7. The van der Waals surface area contributed by atoms with Gasteiger partial charge in [0, 0.05) is 6.07 Å². The Morgan fingerprint density at radius 1 is 1.41 bits per heavy atom. The van der Waals surface area contributed by atoms with E-state index in [1.165, 1.54) is 0 Å². The summed E-state index contributed by atoms with van der Waals surface area (Å²) in [6.07, 6.45) is 1.51. The molecule has 0 heterocycles. The quantitative estimate of drug-likeness (QED) is 0.793. The molecule has 4 nitrogen and oxygen atoms in total. The third-order valence-electron chi connectivity index (χ3n) is 2.41. The van der Waals surface area contributed by atoms with Gasteiger partial charge in [0.25, 0.3) is 0 Å². The van der Waals surface area contributed by atoms with Crippen LogP contribution in [0.1, 0.15) is 26.2 Å². The van der Waals surface area contributed by atoms with Crippen LogP contribution in [0.15, 0.2) is 24.3 Å². The van der Waals surface area contributed by atoms with Crippen LogP contribution in [0.4, 0.5) is 0 Å². The summed E-state index contributed by atoms with van der Waals surface area (Å²) >= 11 is 0. The van der Waals surface area contributed by atoms with Crippen LogP contribution in [0, 0.1) is 0 Å². The molecule has 0 spiro atoms. The number of methoxy groups -OCH3 is 1. The molecule has 1 N–H and O–H groups in total. The van der Waals surface area contributed by atoms with E-state index < -0.39 is 12.1 Å². The summed E-state index contributed by atoms with van der Waals surface area (Å²) in [7, 11) is 1.56. The van der Waals surface area contributed by atoms with Crippen molar-refractivity contribution in [2.24, 2.45) is 0 Å². The number of carbonyl (C=O) groups is 1. The average molecular weight is 238 g/mol. The van der Waals surface area contributed by atoms with Crippen molar-refractivity contribution in [3.63, 3.8) is 0 Å². The largest absolute Gasteiger partial charge is 0.497 e. The molecular weight excluding hydrogens is 220 g/mol. The highest BCUT2D eigenvalue weighted by molar-refractivity contribution is 5.72. The first-order valence-corrected chi connectivity index (χ1v) is 5.71. The minimum atomic E-state index is -0.929. The van der Waals surface area contributed by atoms with Crippen molar-refractivity contribution >= 4 is 5.97 Å². The first-order chi connectivity index (χ1) is 8.17. The lowest BCUT2D eigenvalue weighted by Gasteiger charge is -2.15. The molecule has 0 fully saturated rings. The molecule has 1 aromatic carbocycles. The number of ether oxygens (including phenoxy) is 2. The predicted octanol–water partition coefficient (Wildman–Crippen LogP) is 2.72. The number of hydrogen-bond acceptors (Lipinski definition) is 3. The fourth-order valence-electron chi connectivity index (χ4n) is 1.46. The van der Waals surface area contributed by atoms with Crippen molar-refractivity contribution in [2.75, 3.05) is 7.11 Å². The monoisotopic (exact) mass is 238 g/mol. The van der Waals surface area contributed by atoms with Crippen LogP contribution in [0.25, 0.3) is 0 Å². The van der Waals surface area contributed by atoms with Crippen molar-refractivity contribution in [1.82, 2.24) is 0 Å². The van der Waals surface area contributed by atoms with Gasteiger partial charge in [-0.05, 0) is 25.0 Å². The lowest BCUT2D eigenvalue weighted by atomic mass is 10.1. The Kier molecular flexibility index (Phi) is 5.33. The molecule has 0 aliphatic heterocycles. The maximum absolute atomic E-state index is 11.0. The third kappa shape index (κ3) is 4.34. The molecular formula is C13H18O4. The normalized spacial score (nSPS) is 11.9. The SMILES string of the molecule is CCCC[C@H](Oc1cccc(OC)c1)C(=O)O. The van der Waals surface area contributed by atoms with Crippen LogP contribution in [0.5, 0.6) is 11.5 Å². The van der Waals surface area contributed by atoms with Gasteiger partial charge in [-0.25, -0.2) is 4.79 Å². The minimum Gasteiger partial charge on any atom is -0.497 e. The molecule has 0 radical (unpaired) electrons. The van der Waals surface area contributed by atoms with Crippen LogP contribution in [-0.2, 0) is 4.79 Å².